The van der Waals surface area contributed by atoms with Gasteiger partial charge in [-0.05, 0) is 75.3 Å². The molecule has 1 aromatic carbocycles. The van der Waals surface area contributed by atoms with Crippen LogP contribution < -0.4 is 4.74 Å². The minimum Gasteiger partial charge on any atom is -0.493 e. The molecule has 2 amide bonds. The normalized spacial score (nSPS) is 25.5. The van der Waals surface area contributed by atoms with Crippen LogP contribution in [0, 0.1) is 10.1 Å². The van der Waals surface area contributed by atoms with Crippen LogP contribution >= 0.6 is 0 Å². The molecule has 0 saturated carbocycles. The fraction of sp³-hybridized carbons (Fsp3) is 0.654. The summed E-state index contributed by atoms with van der Waals surface area (Å²) in [5.74, 6) is -0.212. The number of fused-ring (bicyclic) bond motifs is 3. The monoisotopic (exact) mass is 567 g/mol. The van der Waals surface area contributed by atoms with Crippen LogP contribution in [0.1, 0.15) is 81.2 Å². The summed E-state index contributed by atoms with van der Waals surface area (Å²) in [6, 6.07) is 3.87. The van der Waals surface area contributed by atoms with Gasteiger partial charge in [-0.15, -0.1) is 0 Å². The molecule has 0 aliphatic carbocycles. The number of benzene rings is 1. The third kappa shape index (κ3) is 4.96. The Balaban J connectivity index is 2.43. The number of amides is 2. The van der Waals surface area contributed by atoms with E-state index in [0.29, 0.717) is 4.90 Å². The standard InChI is InChI=1S/C26H37N3O9S/c1-22(2,3)37-20(30)28(21(31)38-23(4,5)6)19-24(7,8)39(34,35)25(9)13-14-36-18-12-11-16(29(32)33)15-17(18)26(25,10)27-19/h11-12,15H,13-14H2,1-10H3. The van der Waals surface area contributed by atoms with E-state index in [2.05, 4.69) is 0 Å². The summed E-state index contributed by atoms with van der Waals surface area (Å²) in [5.41, 5.74) is -3.95. The number of imide groups is 1. The average Bonchev–Trinajstić information content (AvgIpc) is 2.85. The van der Waals surface area contributed by atoms with Crippen molar-refractivity contribution < 1.29 is 37.1 Å². The molecule has 0 radical (unpaired) electrons. The number of nitrogens with zero attached hydrogens (tertiary/aromatic N) is 3. The van der Waals surface area contributed by atoms with Crippen molar-refractivity contribution in [1.29, 1.82) is 0 Å². The Morgan fingerprint density at radius 2 is 1.54 bits per heavy atom. The number of nitro groups is 1. The van der Waals surface area contributed by atoms with Gasteiger partial charge in [0.1, 0.15) is 37.8 Å². The summed E-state index contributed by atoms with van der Waals surface area (Å²) in [4.78, 5) is 43.4. The number of carbonyl (C=O) groups is 2. The smallest absolute Gasteiger partial charge is 0.425 e. The van der Waals surface area contributed by atoms with Crippen LogP contribution in [0.15, 0.2) is 23.2 Å². The van der Waals surface area contributed by atoms with Crippen molar-refractivity contribution >= 4 is 33.5 Å². The van der Waals surface area contributed by atoms with Crippen LogP contribution in [0.4, 0.5) is 15.3 Å². The molecule has 0 bridgehead atoms. The molecule has 0 N–H and O–H groups in total. The topological polar surface area (TPSA) is 155 Å². The molecule has 0 spiro atoms. The van der Waals surface area contributed by atoms with Crippen LogP contribution in [-0.2, 0) is 24.8 Å². The largest absolute Gasteiger partial charge is 0.493 e. The van der Waals surface area contributed by atoms with Crippen molar-refractivity contribution in [1.82, 2.24) is 4.90 Å². The molecule has 0 aromatic heterocycles. The van der Waals surface area contributed by atoms with E-state index >= 15 is 0 Å². The van der Waals surface area contributed by atoms with E-state index in [4.69, 9.17) is 19.2 Å². The maximum Gasteiger partial charge on any atom is 0.425 e. The molecule has 0 saturated heterocycles. The molecular formula is C26H37N3O9S. The number of sulfone groups is 1. The van der Waals surface area contributed by atoms with Crippen LogP contribution in [-0.4, -0.2) is 63.6 Å². The van der Waals surface area contributed by atoms with Crippen LogP contribution in [0.25, 0.3) is 0 Å². The van der Waals surface area contributed by atoms with Crippen LogP contribution in [0.3, 0.4) is 0 Å². The zero-order valence-electron chi connectivity index (χ0n) is 24.1. The number of carbonyl (C=O) groups excluding carboxylic acids is 2. The van der Waals surface area contributed by atoms with Crippen molar-refractivity contribution in [2.45, 2.75) is 102 Å². The van der Waals surface area contributed by atoms with Gasteiger partial charge in [-0.3, -0.25) is 15.1 Å². The minimum atomic E-state index is -4.31. The summed E-state index contributed by atoms with van der Waals surface area (Å²) >= 11 is 0. The first-order chi connectivity index (χ1) is 17.5. The molecule has 13 heteroatoms. The Labute approximate surface area is 228 Å². The number of aliphatic imine (C=N–C) groups is 1. The second kappa shape index (κ2) is 9.17. The molecule has 0 fully saturated rings. The first kappa shape index (κ1) is 30.3. The molecule has 1 aromatic rings. The molecule has 2 aliphatic heterocycles. The highest BCUT2D eigenvalue weighted by Gasteiger charge is 2.67. The van der Waals surface area contributed by atoms with Gasteiger partial charge in [0, 0.05) is 24.1 Å². The molecule has 12 nitrogen and oxygen atoms in total. The fourth-order valence-electron chi connectivity index (χ4n) is 4.81. The summed E-state index contributed by atoms with van der Waals surface area (Å²) in [7, 11) is -4.31. The lowest BCUT2D eigenvalue weighted by molar-refractivity contribution is -0.385. The van der Waals surface area contributed by atoms with E-state index in [1.54, 1.807) is 41.5 Å². The van der Waals surface area contributed by atoms with Crippen molar-refractivity contribution in [3.63, 3.8) is 0 Å². The minimum absolute atomic E-state index is 0.00108. The average molecular weight is 568 g/mol. The number of amidine groups is 1. The Kier molecular flexibility index (Phi) is 7.13. The van der Waals surface area contributed by atoms with E-state index in [-0.39, 0.29) is 30.0 Å². The molecule has 2 unspecified atom stereocenters. The van der Waals surface area contributed by atoms with Crippen LogP contribution in [0.2, 0.25) is 0 Å². The first-order valence-corrected chi connectivity index (χ1v) is 14.0. The second-order valence-electron chi connectivity index (χ2n) is 12.6. The number of hydrogen-bond acceptors (Lipinski definition) is 10. The molecule has 39 heavy (non-hydrogen) atoms. The highest BCUT2D eigenvalue weighted by atomic mass is 32.2. The molecule has 2 atom stereocenters. The van der Waals surface area contributed by atoms with E-state index in [1.165, 1.54) is 45.9 Å². The van der Waals surface area contributed by atoms with Gasteiger partial charge in [0.15, 0.2) is 9.84 Å². The molecule has 2 aliphatic rings. The van der Waals surface area contributed by atoms with Gasteiger partial charge >= 0.3 is 12.2 Å². The zero-order chi connectivity index (χ0) is 30.0. The van der Waals surface area contributed by atoms with Gasteiger partial charge in [-0.25, -0.2) is 18.0 Å². The van der Waals surface area contributed by atoms with Crippen molar-refractivity contribution in [3.8, 4) is 5.75 Å². The van der Waals surface area contributed by atoms with E-state index in [9.17, 15) is 28.1 Å². The van der Waals surface area contributed by atoms with E-state index in [0.717, 1.165) is 0 Å². The number of nitro benzene ring substituents is 1. The molecular weight excluding hydrogens is 530 g/mol. The summed E-state index contributed by atoms with van der Waals surface area (Å²) < 4.78 is 42.3. The van der Waals surface area contributed by atoms with E-state index < -0.39 is 59.0 Å². The molecule has 216 valence electrons. The maximum absolute atomic E-state index is 14.5. The second-order valence-corrected chi connectivity index (χ2v) is 15.5. The van der Waals surface area contributed by atoms with Gasteiger partial charge in [0.2, 0.25) is 0 Å². The lowest BCUT2D eigenvalue weighted by Gasteiger charge is -2.51. The summed E-state index contributed by atoms with van der Waals surface area (Å²) in [5, 5.41) is 11.6. The van der Waals surface area contributed by atoms with Gasteiger partial charge in [0.05, 0.1) is 11.5 Å². The SMILES string of the molecule is CC(C)(C)OC(=O)N(C(=O)OC(C)(C)C)C1=NC2(C)c3cc([N+](=O)[O-])ccc3OCCC2(C)S(=O)(=O)C1(C)C. The van der Waals surface area contributed by atoms with Crippen molar-refractivity contribution in [2.75, 3.05) is 6.61 Å². The van der Waals surface area contributed by atoms with E-state index in [1.807, 2.05) is 0 Å². The zero-order valence-corrected chi connectivity index (χ0v) is 24.9. The Morgan fingerprint density at radius 3 is 2.00 bits per heavy atom. The number of non-ortho nitro benzene ring substituents is 1. The first-order valence-electron chi connectivity index (χ1n) is 12.5. The number of hydrogen-bond donors (Lipinski definition) is 0. The fourth-order valence-corrected chi connectivity index (χ4v) is 7.34. The third-order valence-electron chi connectivity index (χ3n) is 7.06. The van der Waals surface area contributed by atoms with Gasteiger partial charge in [-0.1, -0.05) is 0 Å². The Morgan fingerprint density at radius 1 is 1.03 bits per heavy atom. The quantitative estimate of drug-likeness (QED) is 0.332. The third-order valence-corrected chi connectivity index (χ3v) is 10.4. The highest BCUT2D eigenvalue weighted by molar-refractivity contribution is 7.95. The van der Waals surface area contributed by atoms with Crippen molar-refractivity contribution in [2.24, 2.45) is 4.99 Å². The predicted molar refractivity (Wildman–Crippen MR) is 144 cm³/mol. The Hall–Kier alpha value is -3.22. The van der Waals surface area contributed by atoms with Gasteiger partial charge in [0.25, 0.3) is 5.69 Å². The van der Waals surface area contributed by atoms with Gasteiger partial charge < -0.3 is 14.2 Å². The predicted octanol–water partition coefficient (Wildman–Crippen LogP) is 5.13. The maximum atomic E-state index is 14.5. The van der Waals surface area contributed by atoms with Crippen LogP contribution in [0.5, 0.6) is 5.75 Å². The van der Waals surface area contributed by atoms with Crippen molar-refractivity contribution in [3.05, 3.63) is 33.9 Å². The number of rotatable bonds is 1. The summed E-state index contributed by atoms with van der Waals surface area (Å²) in [6.45, 7) is 15.3. The highest BCUT2D eigenvalue weighted by Crippen LogP contribution is 2.56. The Bertz CT molecular complexity index is 1330. The lowest BCUT2D eigenvalue weighted by atomic mass is 9.78. The number of ether oxygens (including phenoxy) is 3. The molecule has 2 heterocycles. The summed E-state index contributed by atoms with van der Waals surface area (Å²) in [6.07, 6.45) is -2.35. The van der Waals surface area contributed by atoms with Gasteiger partial charge in [-0.2, -0.15) is 4.90 Å². The molecule has 3 rings (SSSR count). The lowest BCUT2D eigenvalue weighted by Crippen LogP contribution is -2.68.